The average molecular weight is 238 g/mol. The van der Waals surface area contributed by atoms with Crippen LogP contribution < -0.4 is 10.6 Å². The van der Waals surface area contributed by atoms with E-state index in [9.17, 15) is 4.79 Å². The van der Waals surface area contributed by atoms with Crippen molar-refractivity contribution < 1.29 is 4.79 Å². The third-order valence-electron chi connectivity index (χ3n) is 4.27. The van der Waals surface area contributed by atoms with E-state index in [1.807, 2.05) is 7.05 Å². The summed E-state index contributed by atoms with van der Waals surface area (Å²) in [5.74, 6) is 1.97. The molecule has 0 saturated heterocycles. The van der Waals surface area contributed by atoms with Gasteiger partial charge in [0, 0.05) is 12.5 Å². The van der Waals surface area contributed by atoms with Gasteiger partial charge >= 0.3 is 0 Å². The first-order chi connectivity index (χ1) is 8.31. The molecule has 2 N–H and O–H groups in total. The molecule has 2 rings (SSSR count). The number of hydrogen-bond donors (Lipinski definition) is 2. The van der Waals surface area contributed by atoms with Gasteiger partial charge in [-0.2, -0.15) is 0 Å². The molecule has 0 bridgehead atoms. The molecule has 2 aliphatic carbocycles. The fourth-order valence-corrected chi connectivity index (χ4v) is 3.17. The first kappa shape index (κ1) is 12.9. The molecule has 2 aliphatic rings. The SMILES string of the molecule is CNCCCC(=O)NC1CC1C1CCCCC1. The Morgan fingerprint density at radius 3 is 2.71 bits per heavy atom. The minimum atomic E-state index is 0.253. The molecule has 3 heteroatoms. The topological polar surface area (TPSA) is 41.1 Å². The third-order valence-corrected chi connectivity index (χ3v) is 4.27. The van der Waals surface area contributed by atoms with Crippen LogP contribution in [0.15, 0.2) is 0 Å². The molecule has 0 heterocycles. The Labute approximate surface area is 105 Å². The van der Waals surface area contributed by atoms with Crippen LogP contribution >= 0.6 is 0 Å². The Morgan fingerprint density at radius 1 is 1.24 bits per heavy atom. The molecule has 3 nitrogen and oxygen atoms in total. The second-order valence-electron chi connectivity index (χ2n) is 5.68. The van der Waals surface area contributed by atoms with Crippen LogP contribution in [-0.2, 0) is 4.79 Å². The maximum absolute atomic E-state index is 11.7. The van der Waals surface area contributed by atoms with E-state index in [0.717, 1.165) is 24.8 Å². The fraction of sp³-hybridized carbons (Fsp3) is 0.929. The van der Waals surface area contributed by atoms with Crippen LogP contribution in [0.5, 0.6) is 0 Å². The van der Waals surface area contributed by atoms with Gasteiger partial charge in [-0.15, -0.1) is 0 Å². The molecule has 98 valence electrons. The second-order valence-corrected chi connectivity index (χ2v) is 5.68. The molecule has 0 aromatic carbocycles. The highest BCUT2D eigenvalue weighted by Crippen LogP contribution is 2.44. The van der Waals surface area contributed by atoms with Gasteiger partial charge in [0.1, 0.15) is 0 Å². The lowest BCUT2D eigenvalue weighted by molar-refractivity contribution is -0.121. The lowest BCUT2D eigenvalue weighted by Crippen LogP contribution is -2.28. The highest BCUT2D eigenvalue weighted by atomic mass is 16.1. The lowest BCUT2D eigenvalue weighted by Gasteiger charge is -2.21. The smallest absolute Gasteiger partial charge is 0.220 e. The first-order valence-corrected chi connectivity index (χ1v) is 7.25. The molecule has 0 aliphatic heterocycles. The normalized spacial score (nSPS) is 29.0. The number of carbonyl (C=O) groups is 1. The summed E-state index contributed by atoms with van der Waals surface area (Å²) in [6.45, 7) is 0.935. The van der Waals surface area contributed by atoms with Gasteiger partial charge < -0.3 is 10.6 Å². The average Bonchev–Trinajstić information content (AvgIpc) is 3.10. The molecule has 0 radical (unpaired) electrons. The molecular weight excluding hydrogens is 212 g/mol. The zero-order chi connectivity index (χ0) is 12.1. The van der Waals surface area contributed by atoms with Crippen molar-refractivity contribution in [3.63, 3.8) is 0 Å². The van der Waals surface area contributed by atoms with Crippen LogP contribution in [0.2, 0.25) is 0 Å². The molecule has 17 heavy (non-hydrogen) atoms. The predicted octanol–water partition coefficient (Wildman–Crippen LogP) is 2.07. The van der Waals surface area contributed by atoms with Crippen LogP contribution in [0.1, 0.15) is 51.4 Å². The third kappa shape index (κ3) is 3.98. The molecule has 2 unspecified atom stereocenters. The number of hydrogen-bond acceptors (Lipinski definition) is 2. The zero-order valence-corrected chi connectivity index (χ0v) is 11.0. The van der Waals surface area contributed by atoms with Crippen LogP contribution in [0.3, 0.4) is 0 Å². The molecule has 1 amide bonds. The number of amides is 1. The molecule has 2 saturated carbocycles. The standard InChI is InChI=1S/C14H26N2O/c1-15-9-5-8-14(17)16-13-10-12(13)11-6-3-2-4-7-11/h11-13,15H,2-10H2,1H3,(H,16,17). The number of rotatable bonds is 6. The summed E-state index contributed by atoms with van der Waals surface area (Å²) in [4.78, 5) is 11.7. The van der Waals surface area contributed by atoms with E-state index in [4.69, 9.17) is 0 Å². The maximum Gasteiger partial charge on any atom is 0.220 e. The van der Waals surface area contributed by atoms with Crippen molar-refractivity contribution in [2.75, 3.05) is 13.6 Å². The highest BCUT2D eigenvalue weighted by Gasteiger charge is 2.43. The van der Waals surface area contributed by atoms with Crippen molar-refractivity contribution >= 4 is 5.91 Å². The molecule has 0 aromatic heterocycles. The second kappa shape index (κ2) is 6.39. The van der Waals surface area contributed by atoms with Crippen molar-refractivity contribution in [1.82, 2.24) is 10.6 Å². The summed E-state index contributed by atoms with van der Waals surface area (Å²) in [6, 6.07) is 0.514. The van der Waals surface area contributed by atoms with Crippen molar-refractivity contribution in [3.05, 3.63) is 0 Å². The summed E-state index contributed by atoms with van der Waals surface area (Å²) >= 11 is 0. The minimum Gasteiger partial charge on any atom is -0.353 e. The van der Waals surface area contributed by atoms with E-state index in [2.05, 4.69) is 10.6 Å². The van der Waals surface area contributed by atoms with E-state index >= 15 is 0 Å². The largest absolute Gasteiger partial charge is 0.353 e. The number of nitrogens with one attached hydrogen (secondary N) is 2. The van der Waals surface area contributed by atoms with Gasteiger partial charge in [-0.1, -0.05) is 32.1 Å². The molecule has 0 aromatic rings. The van der Waals surface area contributed by atoms with E-state index in [-0.39, 0.29) is 5.91 Å². The summed E-state index contributed by atoms with van der Waals surface area (Å²) < 4.78 is 0. The van der Waals surface area contributed by atoms with Gasteiger partial charge in [-0.3, -0.25) is 4.79 Å². The van der Waals surface area contributed by atoms with Crippen molar-refractivity contribution in [2.24, 2.45) is 11.8 Å². The molecule has 0 spiro atoms. The van der Waals surface area contributed by atoms with E-state index in [1.165, 1.54) is 38.5 Å². The van der Waals surface area contributed by atoms with Crippen molar-refractivity contribution in [3.8, 4) is 0 Å². The monoisotopic (exact) mass is 238 g/mol. The Balaban J connectivity index is 1.60. The van der Waals surface area contributed by atoms with Crippen molar-refractivity contribution in [1.29, 1.82) is 0 Å². The van der Waals surface area contributed by atoms with Crippen molar-refractivity contribution in [2.45, 2.75) is 57.4 Å². The Morgan fingerprint density at radius 2 is 2.00 bits per heavy atom. The number of carbonyl (C=O) groups excluding carboxylic acids is 1. The van der Waals surface area contributed by atoms with Crippen LogP contribution in [0.4, 0.5) is 0 Å². The zero-order valence-electron chi connectivity index (χ0n) is 11.0. The maximum atomic E-state index is 11.7. The van der Waals surface area contributed by atoms with Gasteiger partial charge in [-0.05, 0) is 38.3 Å². The Bertz CT molecular complexity index is 249. The molecular formula is C14H26N2O. The van der Waals surface area contributed by atoms with Crippen LogP contribution in [-0.4, -0.2) is 25.5 Å². The van der Waals surface area contributed by atoms with Crippen LogP contribution in [0, 0.1) is 11.8 Å². The van der Waals surface area contributed by atoms with E-state index in [1.54, 1.807) is 0 Å². The molecule has 2 atom stereocenters. The lowest BCUT2D eigenvalue weighted by atomic mass is 9.85. The summed E-state index contributed by atoms with van der Waals surface area (Å²) in [7, 11) is 1.93. The fourth-order valence-electron chi connectivity index (χ4n) is 3.17. The Kier molecular flexibility index (Phi) is 4.84. The van der Waals surface area contributed by atoms with Crippen LogP contribution in [0.25, 0.3) is 0 Å². The summed E-state index contributed by atoms with van der Waals surface area (Å²) in [5.41, 5.74) is 0. The summed E-state index contributed by atoms with van der Waals surface area (Å²) in [6.07, 6.45) is 9.90. The minimum absolute atomic E-state index is 0.253. The summed E-state index contributed by atoms with van der Waals surface area (Å²) in [5, 5.41) is 6.27. The predicted molar refractivity (Wildman–Crippen MR) is 69.8 cm³/mol. The first-order valence-electron chi connectivity index (χ1n) is 7.25. The van der Waals surface area contributed by atoms with Gasteiger partial charge in [0.25, 0.3) is 0 Å². The van der Waals surface area contributed by atoms with Gasteiger partial charge in [0.05, 0.1) is 0 Å². The highest BCUT2D eigenvalue weighted by molar-refractivity contribution is 5.76. The van der Waals surface area contributed by atoms with Gasteiger partial charge in [0.2, 0.25) is 5.91 Å². The van der Waals surface area contributed by atoms with E-state index in [0.29, 0.717) is 12.5 Å². The quantitative estimate of drug-likeness (QED) is 0.696. The Hall–Kier alpha value is -0.570. The molecule has 2 fully saturated rings. The van der Waals surface area contributed by atoms with Gasteiger partial charge in [0.15, 0.2) is 0 Å². The van der Waals surface area contributed by atoms with Gasteiger partial charge in [-0.25, -0.2) is 0 Å². The van der Waals surface area contributed by atoms with E-state index < -0.39 is 0 Å².